The summed E-state index contributed by atoms with van der Waals surface area (Å²) in [5.74, 6) is -0.460. The summed E-state index contributed by atoms with van der Waals surface area (Å²) in [5, 5.41) is 0.556. The number of hydrogen-bond donors (Lipinski definition) is 0. The molecular formula is C20H24ClNO4S. The SMILES string of the molecule is CSCCC(C(=O)Oc1ccc(Cl)cc1C)N1C(=O)C2CCCCC2C1=O. The van der Waals surface area contributed by atoms with Crippen molar-refractivity contribution in [2.45, 2.75) is 45.1 Å². The molecule has 7 heteroatoms. The minimum Gasteiger partial charge on any atom is -0.425 e. The van der Waals surface area contributed by atoms with Gasteiger partial charge in [0, 0.05) is 5.02 Å². The highest BCUT2D eigenvalue weighted by molar-refractivity contribution is 7.98. The van der Waals surface area contributed by atoms with Crippen LogP contribution in [0.1, 0.15) is 37.7 Å². The zero-order valence-electron chi connectivity index (χ0n) is 15.6. The molecule has 1 aliphatic carbocycles. The Hall–Kier alpha value is -1.53. The largest absolute Gasteiger partial charge is 0.425 e. The number of amides is 2. The van der Waals surface area contributed by atoms with Crippen LogP contribution in [0.15, 0.2) is 18.2 Å². The molecule has 27 heavy (non-hydrogen) atoms. The highest BCUT2D eigenvalue weighted by atomic mass is 35.5. The van der Waals surface area contributed by atoms with Gasteiger partial charge in [-0.05, 0) is 62.0 Å². The molecule has 2 amide bonds. The van der Waals surface area contributed by atoms with Crippen LogP contribution in [0.25, 0.3) is 0 Å². The normalized spacial score (nSPS) is 23.3. The molecule has 1 aromatic carbocycles. The van der Waals surface area contributed by atoms with Crippen LogP contribution in [0.2, 0.25) is 5.02 Å². The standard InChI is InChI=1S/C20H24ClNO4S/c1-12-11-13(21)7-8-17(12)26-20(25)16(9-10-27-2)22-18(23)14-5-3-4-6-15(14)19(22)24/h7-8,11,14-16H,3-6,9-10H2,1-2H3. The van der Waals surface area contributed by atoms with Gasteiger partial charge in [0.25, 0.3) is 0 Å². The molecule has 1 aromatic rings. The van der Waals surface area contributed by atoms with Crippen molar-refractivity contribution in [2.75, 3.05) is 12.0 Å². The molecule has 1 saturated carbocycles. The van der Waals surface area contributed by atoms with Crippen LogP contribution in [-0.2, 0) is 14.4 Å². The number of carbonyl (C=O) groups excluding carboxylic acids is 3. The first-order valence-electron chi connectivity index (χ1n) is 9.27. The molecule has 3 rings (SSSR count). The summed E-state index contributed by atoms with van der Waals surface area (Å²) in [6, 6.07) is 4.11. The molecule has 1 aliphatic heterocycles. The fourth-order valence-electron chi connectivity index (χ4n) is 3.98. The maximum absolute atomic E-state index is 12.9. The Morgan fingerprint density at radius 2 is 1.89 bits per heavy atom. The number of ether oxygens (including phenoxy) is 1. The fourth-order valence-corrected chi connectivity index (χ4v) is 4.67. The van der Waals surface area contributed by atoms with Gasteiger partial charge >= 0.3 is 5.97 Å². The van der Waals surface area contributed by atoms with E-state index in [1.54, 1.807) is 36.9 Å². The van der Waals surface area contributed by atoms with Crippen molar-refractivity contribution in [2.24, 2.45) is 11.8 Å². The molecule has 3 unspecified atom stereocenters. The van der Waals surface area contributed by atoms with Gasteiger partial charge in [0.2, 0.25) is 11.8 Å². The number of esters is 1. The van der Waals surface area contributed by atoms with E-state index in [2.05, 4.69) is 0 Å². The van der Waals surface area contributed by atoms with E-state index in [1.807, 2.05) is 6.26 Å². The van der Waals surface area contributed by atoms with Gasteiger partial charge in [-0.2, -0.15) is 11.8 Å². The third-order valence-corrected chi connectivity index (χ3v) is 6.28. The van der Waals surface area contributed by atoms with Crippen molar-refractivity contribution in [3.8, 4) is 5.75 Å². The van der Waals surface area contributed by atoms with Crippen LogP contribution in [0.4, 0.5) is 0 Å². The lowest BCUT2D eigenvalue weighted by Gasteiger charge is -2.25. The van der Waals surface area contributed by atoms with E-state index in [0.29, 0.717) is 22.9 Å². The lowest BCUT2D eigenvalue weighted by atomic mass is 9.81. The molecule has 0 aromatic heterocycles. The average Bonchev–Trinajstić information content (AvgIpc) is 2.90. The summed E-state index contributed by atoms with van der Waals surface area (Å²) in [6.45, 7) is 1.80. The van der Waals surface area contributed by atoms with Crippen molar-refractivity contribution in [3.05, 3.63) is 28.8 Å². The van der Waals surface area contributed by atoms with Crippen molar-refractivity contribution in [3.63, 3.8) is 0 Å². The van der Waals surface area contributed by atoms with E-state index >= 15 is 0 Å². The molecule has 2 fully saturated rings. The van der Waals surface area contributed by atoms with Gasteiger partial charge in [-0.15, -0.1) is 0 Å². The van der Waals surface area contributed by atoms with Crippen LogP contribution in [0.5, 0.6) is 5.75 Å². The number of fused-ring (bicyclic) bond motifs is 1. The van der Waals surface area contributed by atoms with E-state index in [0.717, 1.165) is 31.2 Å². The maximum atomic E-state index is 12.9. The van der Waals surface area contributed by atoms with Gasteiger partial charge in [0.15, 0.2) is 0 Å². The van der Waals surface area contributed by atoms with Gasteiger partial charge in [0.05, 0.1) is 11.8 Å². The number of aryl methyl sites for hydroxylation is 1. The topological polar surface area (TPSA) is 63.7 Å². The second kappa shape index (κ2) is 8.65. The van der Waals surface area contributed by atoms with E-state index in [1.165, 1.54) is 4.90 Å². The molecule has 1 heterocycles. The Kier molecular flexibility index (Phi) is 6.48. The summed E-state index contributed by atoms with van der Waals surface area (Å²) in [5.41, 5.74) is 0.729. The Labute approximate surface area is 168 Å². The zero-order chi connectivity index (χ0) is 19.6. The van der Waals surface area contributed by atoms with E-state index < -0.39 is 12.0 Å². The van der Waals surface area contributed by atoms with Crippen LogP contribution in [0, 0.1) is 18.8 Å². The Balaban J connectivity index is 1.83. The van der Waals surface area contributed by atoms with Crippen LogP contribution < -0.4 is 4.74 Å². The number of rotatable bonds is 6. The molecule has 0 bridgehead atoms. The zero-order valence-corrected chi connectivity index (χ0v) is 17.1. The van der Waals surface area contributed by atoms with Crippen LogP contribution in [0.3, 0.4) is 0 Å². The number of carbonyl (C=O) groups is 3. The highest BCUT2D eigenvalue weighted by Gasteiger charge is 2.52. The van der Waals surface area contributed by atoms with Gasteiger partial charge in [-0.25, -0.2) is 4.79 Å². The molecule has 3 atom stereocenters. The first kappa shape index (κ1) is 20.2. The second-order valence-electron chi connectivity index (χ2n) is 7.17. The predicted octanol–water partition coefficient (Wildman–Crippen LogP) is 3.85. The number of thioether (sulfide) groups is 1. The Bertz CT molecular complexity index is 729. The lowest BCUT2D eigenvalue weighted by molar-refractivity contribution is -0.153. The van der Waals surface area contributed by atoms with Crippen LogP contribution in [-0.4, -0.2) is 40.7 Å². The lowest BCUT2D eigenvalue weighted by Crippen LogP contribution is -2.47. The molecule has 5 nitrogen and oxygen atoms in total. The molecule has 0 N–H and O–H groups in total. The summed E-state index contributed by atoms with van der Waals surface area (Å²) in [7, 11) is 0. The van der Waals surface area contributed by atoms with Gasteiger partial charge < -0.3 is 4.74 Å². The molecule has 2 aliphatic rings. The molecule has 0 radical (unpaired) electrons. The van der Waals surface area contributed by atoms with E-state index in [9.17, 15) is 14.4 Å². The van der Waals surface area contributed by atoms with E-state index in [4.69, 9.17) is 16.3 Å². The van der Waals surface area contributed by atoms with E-state index in [-0.39, 0.29) is 23.7 Å². The van der Waals surface area contributed by atoms with Crippen molar-refractivity contribution in [1.29, 1.82) is 0 Å². The third-order valence-electron chi connectivity index (χ3n) is 5.40. The Morgan fingerprint density at radius 1 is 1.26 bits per heavy atom. The Morgan fingerprint density at radius 3 is 2.44 bits per heavy atom. The summed E-state index contributed by atoms with van der Waals surface area (Å²) in [4.78, 5) is 39.9. The average molecular weight is 410 g/mol. The number of nitrogens with zero attached hydrogens (tertiary/aromatic N) is 1. The van der Waals surface area contributed by atoms with Gasteiger partial charge in [0.1, 0.15) is 11.8 Å². The first-order valence-corrected chi connectivity index (χ1v) is 11.0. The summed E-state index contributed by atoms with van der Waals surface area (Å²) in [6.07, 6.45) is 5.69. The number of likely N-dealkylation sites (tertiary alicyclic amines) is 1. The van der Waals surface area contributed by atoms with Gasteiger partial charge in [-0.1, -0.05) is 24.4 Å². The molecular weight excluding hydrogens is 386 g/mol. The maximum Gasteiger partial charge on any atom is 0.334 e. The quantitative estimate of drug-likeness (QED) is 0.405. The summed E-state index contributed by atoms with van der Waals surface area (Å²) >= 11 is 7.53. The van der Waals surface area contributed by atoms with Crippen molar-refractivity contribution in [1.82, 2.24) is 4.90 Å². The predicted molar refractivity (Wildman–Crippen MR) is 106 cm³/mol. The number of halogens is 1. The van der Waals surface area contributed by atoms with Crippen molar-refractivity contribution < 1.29 is 19.1 Å². The minimum absolute atomic E-state index is 0.208. The first-order chi connectivity index (χ1) is 12.9. The molecule has 0 spiro atoms. The third kappa shape index (κ3) is 4.16. The fraction of sp³-hybridized carbons (Fsp3) is 0.550. The molecule has 146 valence electrons. The number of imide groups is 1. The minimum atomic E-state index is -0.877. The summed E-state index contributed by atoms with van der Waals surface area (Å²) < 4.78 is 5.57. The smallest absolute Gasteiger partial charge is 0.334 e. The van der Waals surface area contributed by atoms with Crippen LogP contribution >= 0.6 is 23.4 Å². The number of hydrogen-bond acceptors (Lipinski definition) is 5. The molecule has 1 saturated heterocycles. The van der Waals surface area contributed by atoms with Gasteiger partial charge in [-0.3, -0.25) is 14.5 Å². The number of benzene rings is 1. The monoisotopic (exact) mass is 409 g/mol. The second-order valence-corrected chi connectivity index (χ2v) is 8.59. The highest BCUT2D eigenvalue weighted by Crippen LogP contribution is 2.39. The van der Waals surface area contributed by atoms with Crippen molar-refractivity contribution >= 4 is 41.1 Å².